The summed E-state index contributed by atoms with van der Waals surface area (Å²) in [5.74, 6) is 0.674. The second-order valence-electron chi connectivity index (χ2n) is 4.85. The number of nitrogens with two attached hydrogens (primary N) is 1. The number of nitrogens with zero attached hydrogens (tertiary/aromatic N) is 3. The van der Waals surface area contributed by atoms with Crippen LogP contribution in [0.2, 0.25) is 0 Å². The van der Waals surface area contributed by atoms with Gasteiger partial charge in [0.05, 0.1) is 0 Å². The SMILES string of the molecule is CC(C)c1nccn1Cc1ccc(F)cc1C(N)=NO. The van der Waals surface area contributed by atoms with E-state index in [1.54, 1.807) is 12.3 Å². The summed E-state index contributed by atoms with van der Waals surface area (Å²) in [6.07, 6.45) is 3.58. The highest BCUT2D eigenvalue weighted by molar-refractivity contribution is 5.98. The molecule has 0 atom stereocenters. The molecule has 0 radical (unpaired) electrons. The summed E-state index contributed by atoms with van der Waals surface area (Å²) >= 11 is 0. The first kappa shape index (κ1) is 14.0. The van der Waals surface area contributed by atoms with E-state index in [1.807, 2.05) is 24.6 Å². The van der Waals surface area contributed by atoms with Crippen LogP contribution in [0.3, 0.4) is 0 Å². The molecule has 0 fully saturated rings. The average molecular weight is 276 g/mol. The van der Waals surface area contributed by atoms with Gasteiger partial charge in [0.2, 0.25) is 0 Å². The smallest absolute Gasteiger partial charge is 0.170 e. The van der Waals surface area contributed by atoms with E-state index in [9.17, 15) is 4.39 Å². The lowest BCUT2D eigenvalue weighted by Gasteiger charge is -2.13. The van der Waals surface area contributed by atoms with Gasteiger partial charge in [0.15, 0.2) is 5.84 Å². The van der Waals surface area contributed by atoms with Gasteiger partial charge in [-0.05, 0) is 17.7 Å². The summed E-state index contributed by atoms with van der Waals surface area (Å²) in [6.45, 7) is 4.58. The summed E-state index contributed by atoms with van der Waals surface area (Å²) < 4.78 is 15.3. The third-order valence-electron chi connectivity index (χ3n) is 3.06. The molecule has 106 valence electrons. The Morgan fingerprint density at radius 2 is 2.25 bits per heavy atom. The van der Waals surface area contributed by atoms with Crippen LogP contribution in [0.1, 0.15) is 36.7 Å². The predicted octanol–water partition coefficient (Wildman–Crippen LogP) is 2.29. The van der Waals surface area contributed by atoms with Gasteiger partial charge in [-0.15, -0.1) is 0 Å². The van der Waals surface area contributed by atoms with Gasteiger partial charge >= 0.3 is 0 Å². The maximum atomic E-state index is 13.3. The second-order valence-corrected chi connectivity index (χ2v) is 4.85. The molecule has 6 heteroatoms. The highest BCUT2D eigenvalue weighted by Crippen LogP contribution is 2.17. The lowest BCUT2D eigenvalue weighted by Crippen LogP contribution is -2.17. The van der Waals surface area contributed by atoms with Crippen LogP contribution in [0.15, 0.2) is 35.7 Å². The van der Waals surface area contributed by atoms with Gasteiger partial charge in [0, 0.05) is 30.4 Å². The van der Waals surface area contributed by atoms with Crippen LogP contribution in [0.25, 0.3) is 0 Å². The molecule has 0 bridgehead atoms. The van der Waals surface area contributed by atoms with Gasteiger partial charge in [-0.3, -0.25) is 0 Å². The molecule has 0 aliphatic heterocycles. The molecular formula is C14H17FN4O. The number of imidazole rings is 1. The van der Waals surface area contributed by atoms with Crippen LogP contribution in [0.5, 0.6) is 0 Å². The number of halogens is 1. The maximum absolute atomic E-state index is 13.3. The van der Waals surface area contributed by atoms with Crippen molar-refractivity contribution in [3.8, 4) is 0 Å². The molecule has 1 aromatic heterocycles. The zero-order valence-corrected chi connectivity index (χ0v) is 11.4. The van der Waals surface area contributed by atoms with Gasteiger partial charge < -0.3 is 15.5 Å². The number of benzene rings is 1. The highest BCUT2D eigenvalue weighted by Gasteiger charge is 2.12. The van der Waals surface area contributed by atoms with Crippen molar-refractivity contribution in [1.82, 2.24) is 9.55 Å². The summed E-state index contributed by atoms with van der Waals surface area (Å²) in [5.41, 5.74) is 6.75. The molecule has 3 N–H and O–H groups in total. The van der Waals surface area contributed by atoms with E-state index in [4.69, 9.17) is 10.9 Å². The molecular weight excluding hydrogens is 259 g/mol. The lowest BCUT2D eigenvalue weighted by molar-refractivity contribution is 0.318. The fourth-order valence-electron chi connectivity index (χ4n) is 2.12. The summed E-state index contributed by atoms with van der Waals surface area (Å²) in [5, 5.41) is 11.7. The highest BCUT2D eigenvalue weighted by atomic mass is 19.1. The predicted molar refractivity (Wildman–Crippen MR) is 74.3 cm³/mol. The standard InChI is InChI=1S/C14H17FN4O/c1-9(2)14-17-5-6-19(14)8-10-3-4-11(15)7-12(10)13(16)18-20/h3-7,9,20H,8H2,1-2H3,(H2,16,18). The first-order valence-electron chi connectivity index (χ1n) is 6.30. The minimum atomic E-state index is -0.426. The van der Waals surface area contributed by atoms with Crippen molar-refractivity contribution in [3.63, 3.8) is 0 Å². The Bertz CT molecular complexity index is 634. The summed E-state index contributed by atoms with van der Waals surface area (Å²) in [6, 6.07) is 4.25. The van der Waals surface area contributed by atoms with Crippen LogP contribution >= 0.6 is 0 Å². The maximum Gasteiger partial charge on any atom is 0.170 e. The Kier molecular flexibility index (Phi) is 4.02. The van der Waals surface area contributed by atoms with Gasteiger partial charge in [0.1, 0.15) is 11.6 Å². The molecule has 20 heavy (non-hydrogen) atoms. The monoisotopic (exact) mass is 276 g/mol. The number of aromatic nitrogens is 2. The Morgan fingerprint density at radius 1 is 1.50 bits per heavy atom. The Labute approximate surface area is 116 Å². The topological polar surface area (TPSA) is 76.4 Å². The fourth-order valence-corrected chi connectivity index (χ4v) is 2.12. The van der Waals surface area contributed by atoms with E-state index in [0.717, 1.165) is 11.4 Å². The molecule has 5 nitrogen and oxygen atoms in total. The van der Waals surface area contributed by atoms with Gasteiger partial charge in [0.25, 0.3) is 0 Å². The molecule has 1 heterocycles. The quantitative estimate of drug-likeness (QED) is 0.389. The number of oxime groups is 1. The van der Waals surface area contributed by atoms with Crippen molar-refractivity contribution in [2.24, 2.45) is 10.9 Å². The van der Waals surface area contributed by atoms with Crippen LogP contribution < -0.4 is 5.73 Å². The van der Waals surface area contributed by atoms with E-state index in [0.29, 0.717) is 12.1 Å². The van der Waals surface area contributed by atoms with E-state index >= 15 is 0 Å². The molecule has 2 aromatic rings. The van der Waals surface area contributed by atoms with Crippen LogP contribution in [0, 0.1) is 5.82 Å². The Hall–Kier alpha value is -2.37. The van der Waals surface area contributed by atoms with E-state index < -0.39 is 5.82 Å². The second kappa shape index (κ2) is 5.73. The largest absolute Gasteiger partial charge is 0.409 e. The average Bonchev–Trinajstić information content (AvgIpc) is 2.88. The van der Waals surface area contributed by atoms with Crippen LogP contribution in [0.4, 0.5) is 4.39 Å². The number of rotatable bonds is 4. The Balaban J connectivity index is 2.41. The van der Waals surface area contributed by atoms with Gasteiger partial charge in [-0.25, -0.2) is 9.37 Å². The Morgan fingerprint density at radius 3 is 2.90 bits per heavy atom. The van der Waals surface area contributed by atoms with Crippen molar-refractivity contribution in [2.45, 2.75) is 26.3 Å². The third kappa shape index (κ3) is 2.79. The molecule has 0 unspecified atom stereocenters. The third-order valence-corrected chi connectivity index (χ3v) is 3.06. The number of hydrogen-bond acceptors (Lipinski definition) is 3. The van der Waals surface area contributed by atoms with E-state index in [2.05, 4.69) is 10.1 Å². The van der Waals surface area contributed by atoms with E-state index in [1.165, 1.54) is 12.1 Å². The number of amidine groups is 1. The molecule has 0 amide bonds. The molecule has 0 aliphatic carbocycles. The zero-order valence-electron chi connectivity index (χ0n) is 11.4. The van der Waals surface area contributed by atoms with E-state index in [-0.39, 0.29) is 11.8 Å². The van der Waals surface area contributed by atoms with Crippen molar-refractivity contribution in [3.05, 3.63) is 53.4 Å². The van der Waals surface area contributed by atoms with Crippen molar-refractivity contribution in [1.29, 1.82) is 0 Å². The first-order valence-corrected chi connectivity index (χ1v) is 6.30. The van der Waals surface area contributed by atoms with Crippen LogP contribution in [-0.4, -0.2) is 20.6 Å². The van der Waals surface area contributed by atoms with Crippen molar-refractivity contribution < 1.29 is 9.60 Å². The summed E-state index contributed by atoms with van der Waals surface area (Å²) in [4.78, 5) is 4.30. The molecule has 1 aromatic carbocycles. The van der Waals surface area contributed by atoms with Crippen LogP contribution in [-0.2, 0) is 6.54 Å². The fraction of sp³-hybridized carbons (Fsp3) is 0.286. The zero-order chi connectivity index (χ0) is 14.7. The number of hydrogen-bond donors (Lipinski definition) is 2. The molecule has 0 aliphatic rings. The first-order chi connectivity index (χ1) is 9.52. The molecule has 0 saturated carbocycles. The van der Waals surface area contributed by atoms with Gasteiger partial charge in [-0.1, -0.05) is 25.1 Å². The molecule has 2 rings (SSSR count). The van der Waals surface area contributed by atoms with Crippen molar-refractivity contribution in [2.75, 3.05) is 0 Å². The molecule has 0 spiro atoms. The summed E-state index contributed by atoms with van der Waals surface area (Å²) in [7, 11) is 0. The van der Waals surface area contributed by atoms with Crippen molar-refractivity contribution >= 4 is 5.84 Å². The normalized spacial score (nSPS) is 12.1. The molecule has 0 saturated heterocycles. The minimum absolute atomic E-state index is 0.106. The lowest BCUT2D eigenvalue weighted by atomic mass is 10.1. The van der Waals surface area contributed by atoms with Gasteiger partial charge in [-0.2, -0.15) is 0 Å². The minimum Gasteiger partial charge on any atom is -0.409 e.